The molecular weight excluding hydrogens is 176 g/mol. The van der Waals surface area contributed by atoms with Crippen LogP contribution in [0.3, 0.4) is 0 Å². The van der Waals surface area contributed by atoms with Gasteiger partial charge in [-0.05, 0) is 12.1 Å². The van der Waals surface area contributed by atoms with E-state index in [4.69, 9.17) is 10.2 Å². The summed E-state index contributed by atoms with van der Waals surface area (Å²) in [5.41, 5.74) is 7.12. The van der Waals surface area contributed by atoms with Gasteiger partial charge in [0, 0.05) is 11.8 Å². The monoisotopic (exact) mass is 182 g/mol. The van der Waals surface area contributed by atoms with Crippen molar-refractivity contribution in [3.05, 3.63) is 28.7 Å². The van der Waals surface area contributed by atoms with Crippen LogP contribution in [0.25, 0.3) is 11.1 Å². The normalized spacial score (nSPS) is 10.8. The molecular formula is C7H6N2O2S. The highest BCUT2D eigenvalue weighted by molar-refractivity contribution is 7.78. The summed E-state index contributed by atoms with van der Waals surface area (Å²) in [7, 11) is 0. The molecule has 1 aromatic heterocycles. The molecule has 62 valence electrons. The number of nitrogens with two attached hydrogens (primary N) is 1. The van der Waals surface area contributed by atoms with E-state index in [1.165, 1.54) is 0 Å². The Labute approximate surface area is 73.1 Å². The molecule has 0 saturated carbocycles. The van der Waals surface area contributed by atoms with Gasteiger partial charge >= 0.3 is 5.76 Å². The van der Waals surface area contributed by atoms with Crippen LogP contribution in [0, 0.1) is 0 Å². The number of thiol groups is 1. The largest absolute Gasteiger partial charge is 0.430 e. The van der Waals surface area contributed by atoms with Crippen LogP contribution >= 0.6 is 12.8 Å². The third kappa shape index (κ3) is 0.902. The van der Waals surface area contributed by atoms with Gasteiger partial charge in [0.2, 0.25) is 0 Å². The molecule has 0 radical (unpaired) electrons. The van der Waals surface area contributed by atoms with Crippen molar-refractivity contribution in [2.75, 3.05) is 5.73 Å². The zero-order valence-electron chi connectivity index (χ0n) is 6.02. The number of rotatable bonds is 0. The van der Waals surface area contributed by atoms with Gasteiger partial charge in [0.1, 0.15) is 5.52 Å². The Hall–Kier alpha value is -1.36. The maximum Gasteiger partial charge on any atom is 0.430 e. The Morgan fingerprint density at radius 2 is 2.25 bits per heavy atom. The molecule has 12 heavy (non-hydrogen) atoms. The zero-order valence-corrected chi connectivity index (χ0v) is 6.91. The summed E-state index contributed by atoms with van der Waals surface area (Å²) in [4.78, 5) is 10.9. The lowest BCUT2D eigenvalue weighted by atomic mass is 10.3. The molecule has 0 aliphatic rings. The fourth-order valence-corrected chi connectivity index (χ4v) is 1.23. The first kappa shape index (κ1) is 7.30. The van der Waals surface area contributed by atoms with Gasteiger partial charge in [-0.3, -0.25) is 0 Å². The lowest BCUT2D eigenvalue weighted by molar-refractivity contribution is 0.550. The molecule has 2 N–H and O–H groups in total. The Bertz CT molecular complexity index is 486. The minimum Gasteiger partial charge on any atom is -0.407 e. The molecule has 0 saturated heterocycles. The number of oxazole rings is 1. The van der Waals surface area contributed by atoms with Crippen LogP contribution in [0.1, 0.15) is 0 Å². The van der Waals surface area contributed by atoms with Crippen molar-refractivity contribution in [1.29, 1.82) is 0 Å². The van der Waals surface area contributed by atoms with Crippen molar-refractivity contribution in [3.63, 3.8) is 0 Å². The van der Waals surface area contributed by atoms with Crippen LogP contribution < -0.4 is 11.5 Å². The maximum absolute atomic E-state index is 10.9. The van der Waals surface area contributed by atoms with Gasteiger partial charge in [0.25, 0.3) is 0 Å². The number of hydrogen-bond acceptors (Lipinski definition) is 4. The third-order valence-electron chi connectivity index (χ3n) is 1.58. The van der Waals surface area contributed by atoms with Crippen LogP contribution in [0.4, 0.5) is 5.69 Å². The third-order valence-corrected chi connectivity index (χ3v) is 1.96. The Kier molecular flexibility index (Phi) is 1.41. The van der Waals surface area contributed by atoms with Crippen molar-refractivity contribution in [3.8, 4) is 0 Å². The van der Waals surface area contributed by atoms with E-state index in [0.717, 1.165) is 3.97 Å². The predicted octanol–water partition coefficient (Wildman–Crippen LogP) is 0.870. The highest BCUT2D eigenvalue weighted by Crippen LogP contribution is 2.16. The van der Waals surface area contributed by atoms with Crippen LogP contribution in [0.5, 0.6) is 0 Å². The van der Waals surface area contributed by atoms with E-state index in [2.05, 4.69) is 12.8 Å². The predicted molar refractivity (Wildman–Crippen MR) is 49.3 cm³/mol. The molecule has 0 aliphatic heterocycles. The number of hydrogen-bond donors (Lipinski definition) is 2. The molecule has 2 rings (SSSR count). The number of aromatic nitrogens is 1. The lowest BCUT2D eigenvalue weighted by Gasteiger charge is -1.91. The molecule has 0 spiro atoms. The van der Waals surface area contributed by atoms with Crippen LogP contribution in [0.15, 0.2) is 27.4 Å². The standard InChI is InChI=1S/C7H6N2O2S/c8-4-1-2-5-6(3-4)11-7(10)9(5)12/h1-3,12H,8H2. The van der Waals surface area contributed by atoms with Crippen molar-refractivity contribution < 1.29 is 4.42 Å². The molecule has 0 aliphatic carbocycles. The smallest absolute Gasteiger partial charge is 0.407 e. The zero-order chi connectivity index (χ0) is 8.72. The second-order valence-electron chi connectivity index (χ2n) is 2.41. The molecule has 2 aromatic rings. The molecule has 0 bridgehead atoms. The van der Waals surface area contributed by atoms with Gasteiger partial charge in [0.05, 0.1) is 0 Å². The van der Waals surface area contributed by atoms with Gasteiger partial charge < -0.3 is 10.2 Å². The number of nitrogen functional groups attached to an aromatic ring is 1. The number of benzene rings is 1. The molecule has 5 heteroatoms. The first-order valence-corrected chi connectivity index (χ1v) is 3.69. The number of nitrogens with zero attached hydrogens (tertiary/aromatic N) is 1. The second-order valence-corrected chi connectivity index (χ2v) is 2.81. The highest BCUT2D eigenvalue weighted by atomic mass is 32.1. The van der Waals surface area contributed by atoms with E-state index in [0.29, 0.717) is 16.8 Å². The summed E-state index contributed by atoms with van der Waals surface area (Å²) in [6.45, 7) is 0. The van der Waals surface area contributed by atoms with Crippen molar-refractivity contribution in [1.82, 2.24) is 3.97 Å². The first-order chi connectivity index (χ1) is 5.68. The summed E-state index contributed by atoms with van der Waals surface area (Å²) in [6.07, 6.45) is 0. The molecule has 0 amide bonds. The van der Waals surface area contributed by atoms with Gasteiger partial charge in [-0.25, -0.2) is 8.77 Å². The first-order valence-electron chi connectivity index (χ1n) is 3.29. The molecule has 0 unspecified atom stereocenters. The fraction of sp³-hybridized carbons (Fsp3) is 0. The summed E-state index contributed by atoms with van der Waals surface area (Å²) in [5.74, 6) is -0.501. The van der Waals surface area contributed by atoms with Gasteiger partial charge in [-0.1, -0.05) is 12.8 Å². The number of fused-ring (bicyclic) bond motifs is 1. The lowest BCUT2D eigenvalue weighted by Crippen LogP contribution is -2.03. The SMILES string of the molecule is Nc1ccc2c(c1)oc(=O)n2S. The maximum atomic E-state index is 10.9. The van der Waals surface area contributed by atoms with Gasteiger partial charge in [0.15, 0.2) is 5.58 Å². The van der Waals surface area contributed by atoms with Crippen molar-refractivity contribution >= 4 is 29.6 Å². The van der Waals surface area contributed by atoms with E-state index < -0.39 is 5.76 Å². The topological polar surface area (TPSA) is 61.2 Å². The van der Waals surface area contributed by atoms with Crippen LogP contribution in [0.2, 0.25) is 0 Å². The second kappa shape index (κ2) is 2.31. The van der Waals surface area contributed by atoms with Crippen LogP contribution in [-0.2, 0) is 0 Å². The quantitative estimate of drug-likeness (QED) is 0.469. The minimum atomic E-state index is -0.501. The Morgan fingerprint density at radius 1 is 1.50 bits per heavy atom. The van der Waals surface area contributed by atoms with Crippen molar-refractivity contribution in [2.45, 2.75) is 0 Å². The van der Waals surface area contributed by atoms with Gasteiger partial charge in [-0.15, -0.1) is 0 Å². The molecule has 0 fully saturated rings. The van der Waals surface area contributed by atoms with E-state index in [1.54, 1.807) is 18.2 Å². The van der Waals surface area contributed by atoms with Crippen molar-refractivity contribution in [2.24, 2.45) is 0 Å². The molecule has 4 nitrogen and oxygen atoms in total. The fourth-order valence-electron chi connectivity index (χ4n) is 1.02. The average Bonchev–Trinajstić information content (AvgIpc) is 2.28. The van der Waals surface area contributed by atoms with E-state index in [1.807, 2.05) is 0 Å². The summed E-state index contributed by atoms with van der Waals surface area (Å²) >= 11 is 3.92. The number of anilines is 1. The van der Waals surface area contributed by atoms with Gasteiger partial charge in [-0.2, -0.15) is 0 Å². The van der Waals surface area contributed by atoms with E-state index in [9.17, 15) is 4.79 Å². The summed E-state index contributed by atoms with van der Waals surface area (Å²) in [5, 5.41) is 0. The Morgan fingerprint density at radius 3 is 3.00 bits per heavy atom. The Balaban J connectivity index is 2.96. The van der Waals surface area contributed by atoms with E-state index in [-0.39, 0.29) is 0 Å². The van der Waals surface area contributed by atoms with Crippen LogP contribution in [-0.4, -0.2) is 3.97 Å². The average molecular weight is 182 g/mol. The van der Waals surface area contributed by atoms with E-state index >= 15 is 0 Å². The summed E-state index contributed by atoms with van der Waals surface area (Å²) < 4.78 is 5.96. The molecule has 0 atom stereocenters. The minimum absolute atomic E-state index is 0.454. The molecule has 1 heterocycles. The highest BCUT2D eigenvalue weighted by Gasteiger charge is 2.05. The summed E-state index contributed by atoms with van der Waals surface area (Å²) in [6, 6.07) is 4.95. The molecule has 1 aromatic carbocycles.